The zero-order valence-corrected chi connectivity index (χ0v) is 9.87. The predicted octanol–water partition coefficient (Wildman–Crippen LogP) is 2.66. The third-order valence-corrected chi connectivity index (χ3v) is 3.11. The van der Waals surface area contributed by atoms with Crippen molar-refractivity contribution in [3.63, 3.8) is 0 Å². The van der Waals surface area contributed by atoms with Gasteiger partial charge in [0.25, 0.3) is 0 Å². The van der Waals surface area contributed by atoms with Crippen molar-refractivity contribution in [1.82, 2.24) is 4.98 Å². The number of carbonyl (C=O) groups is 1. The summed E-state index contributed by atoms with van der Waals surface area (Å²) in [6.07, 6.45) is 4.62. The van der Waals surface area contributed by atoms with Crippen molar-refractivity contribution in [3.8, 4) is 5.75 Å². The number of hydrogen-bond acceptors (Lipinski definition) is 3. The minimum atomic E-state index is -0.0743. The summed E-state index contributed by atoms with van der Waals surface area (Å²) in [5.74, 6) is 0.865. The minimum absolute atomic E-state index is 0.0743. The second kappa shape index (κ2) is 4.61. The number of aromatic nitrogens is 1. The number of para-hydroxylation sites is 1. The van der Waals surface area contributed by atoms with Crippen molar-refractivity contribution in [2.45, 2.75) is 18.9 Å². The molecule has 1 aromatic heterocycles. The number of hydrogen-bond donors (Lipinski definition) is 0. The summed E-state index contributed by atoms with van der Waals surface area (Å²) in [5.41, 5.74) is 1.84. The fourth-order valence-electron chi connectivity index (χ4n) is 2.23. The first-order valence-corrected chi connectivity index (χ1v) is 6.01. The van der Waals surface area contributed by atoms with Crippen molar-refractivity contribution >= 4 is 5.78 Å². The topological polar surface area (TPSA) is 39.2 Å². The van der Waals surface area contributed by atoms with Gasteiger partial charge in [0.2, 0.25) is 0 Å². The van der Waals surface area contributed by atoms with Crippen LogP contribution in [0.25, 0.3) is 0 Å². The molecule has 0 spiro atoms. The molecule has 1 aliphatic rings. The van der Waals surface area contributed by atoms with Crippen LogP contribution < -0.4 is 4.74 Å². The SMILES string of the molecule is O=C1CC(Cc2ccncc2)Oc2ccccc21. The highest BCUT2D eigenvalue weighted by Crippen LogP contribution is 2.28. The van der Waals surface area contributed by atoms with Gasteiger partial charge in [0.05, 0.1) is 5.56 Å². The Hall–Kier alpha value is -2.16. The molecule has 3 rings (SSSR count). The van der Waals surface area contributed by atoms with E-state index in [4.69, 9.17) is 4.74 Å². The summed E-state index contributed by atoms with van der Waals surface area (Å²) < 4.78 is 5.87. The summed E-state index contributed by atoms with van der Waals surface area (Å²) in [6, 6.07) is 11.3. The van der Waals surface area contributed by atoms with Gasteiger partial charge in [-0.25, -0.2) is 0 Å². The van der Waals surface area contributed by atoms with Crippen LogP contribution in [0, 0.1) is 0 Å². The van der Waals surface area contributed by atoms with Gasteiger partial charge >= 0.3 is 0 Å². The number of ether oxygens (including phenoxy) is 1. The molecule has 2 aromatic rings. The summed E-state index contributed by atoms with van der Waals surface area (Å²) in [4.78, 5) is 16.0. The van der Waals surface area contributed by atoms with E-state index < -0.39 is 0 Å². The van der Waals surface area contributed by atoms with Gasteiger partial charge in [-0.2, -0.15) is 0 Å². The number of ketones is 1. The Balaban J connectivity index is 1.80. The lowest BCUT2D eigenvalue weighted by Gasteiger charge is -2.25. The molecule has 0 amide bonds. The van der Waals surface area contributed by atoms with E-state index in [1.807, 2.05) is 36.4 Å². The van der Waals surface area contributed by atoms with Gasteiger partial charge in [-0.1, -0.05) is 12.1 Å². The van der Waals surface area contributed by atoms with Crippen molar-refractivity contribution in [2.24, 2.45) is 0 Å². The lowest BCUT2D eigenvalue weighted by molar-refractivity contribution is 0.0851. The molecule has 1 atom stereocenters. The van der Waals surface area contributed by atoms with Crippen LogP contribution in [-0.2, 0) is 6.42 Å². The molecule has 1 aliphatic heterocycles. The van der Waals surface area contributed by atoms with E-state index in [1.165, 1.54) is 0 Å². The molecule has 1 unspecified atom stereocenters. The van der Waals surface area contributed by atoms with Crippen LogP contribution in [0.15, 0.2) is 48.8 Å². The predicted molar refractivity (Wildman–Crippen MR) is 67.7 cm³/mol. The fourth-order valence-corrected chi connectivity index (χ4v) is 2.23. The Morgan fingerprint density at radius 3 is 2.78 bits per heavy atom. The lowest BCUT2D eigenvalue weighted by Crippen LogP contribution is -2.28. The number of benzene rings is 1. The average molecular weight is 239 g/mol. The van der Waals surface area contributed by atoms with Gasteiger partial charge in [0.15, 0.2) is 5.78 Å². The molecule has 90 valence electrons. The summed E-state index contributed by atoms with van der Waals surface area (Å²) in [7, 11) is 0. The molecular formula is C15H13NO2. The molecule has 0 saturated heterocycles. The van der Waals surface area contributed by atoms with Crippen LogP contribution in [0.1, 0.15) is 22.3 Å². The molecule has 2 heterocycles. The third-order valence-electron chi connectivity index (χ3n) is 3.11. The maximum Gasteiger partial charge on any atom is 0.170 e. The van der Waals surface area contributed by atoms with E-state index in [-0.39, 0.29) is 11.9 Å². The van der Waals surface area contributed by atoms with Crippen molar-refractivity contribution in [2.75, 3.05) is 0 Å². The van der Waals surface area contributed by atoms with Crippen LogP contribution in [0.5, 0.6) is 5.75 Å². The van der Waals surface area contributed by atoms with Crippen LogP contribution in [-0.4, -0.2) is 16.9 Å². The van der Waals surface area contributed by atoms with Crippen molar-refractivity contribution in [1.29, 1.82) is 0 Å². The van der Waals surface area contributed by atoms with Gasteiger partial charge in [-0.3, -0.25) is 9.78 Å². The molecule has 0 radical (unpaired) electrons. The van der Waals surface area contributed by atoms with Gasteiger partial charge < -0.3 is 4.74 Å². The van der Waals surface area contributed by atoms with Crippen molar-refractivity contribution in [3.05, 3.63) is 59.9 Å². The molecule has 18 heavy (non-hydrogen) atoms. The normalized spacial score (nSPS) is 18.0. The summed E-state index contributed by atoms with van der Waals surface area (Å²) in [6.45, 7) is 0. The monoisotopic (exact) mass is 239 g/mol. The molecule has 0 bridgehead atoms. The van der Waals surface area contributed by atoms with Crippen LogP contribution >= 0.6 is 0 Å². The largest absolute Gasteiger partial charge is 0.489 e. The Labute approximate surface area is 105 Å². The molecule has 1 aromatic carbocycles. The highest BCUT2D eigenvalue weighted by molar-refractivity contribution is 5.99. The molecule has 3 nitrogen and oxygen atoms in total. The Bertz CT molecular complexity index is 566. The second-order valence-corrected chi connectivity index (χ2v) is 4.42. The van der Waals surface area contributed by atoms with E-state index in [0.717, 1.165) is 12.0 Å². The standard InChI is InChI=1S/C15H13NO2/c17-14-10-12(9-11-5-7-16-8-6-11)18-15-4-2-1-3-13(14)15/h1-8,12H,9-10H2. The Morgan fingerprint density at radius 1 is 1.17 bits per heavy atom. The number of pyridine rings is 1. The number of Topliss-reactive ketones (excluding diaryl/α,β-unsaturated/α-hetero) is 1. The number of nitrogens with zero attached hydrogens (tertiary/aromatic N) is 1. The second-order valence-electron chi connectivity index (χ2n) is 4.42. The van der Waals surface area contributed by atoms with Crippen molar-refractivity contribution < 1.29 is 9.53 Å². The van der Waals surface area contributed by atoms with E-state index in [1.54, 1.807) is 12.4 Å². The van der Waals surface area contributed by atoms with Crippen LogP contribution in [0.3, 0.4) is 0 Å². The molecule has 3 heteroatoms. The maximum absolute atomic E-state index is 12.0. The van der Waals surface area contributed by atoms with E-state index in [0.29, 0.717) is 17.7 Å². The van der Waals surface area contributed by atoms with E-state index >= 15 is 0 Å². The number of fused-ring (bicyclic) bond motifs is 1. The van der Waals surface area contributed by atoms with E-state index in [2.05, 4.69) is 4.98 Å². The lowest BCUT2D eigenvalue weighted by atomic mass is 9.97. The van der Waals surface area contributed by atoms with Gasteiger partial charge in [0, 0.05) is 25.2 Å². The number of carbonyl (C=O) groups excluding carboxylic acids is 1. The molecule has 0 fully saturated rings. The molecule has 0 saturated carbocycles. The first-order chi connectivity index (χ1) is 8.83. The summed E-state index contributed by atoms with van der Waals surface area (Å²) >= 11 is 0. The smallest absolute Gasteiger partial charge is 0.170 e. The Morgan fingerprint density at radius 2 is 1.94 bits per heavy atom. The zero-order chi connectivity index (χ0) is 12.4. The summed E-state index contributed by atoms with van der Waals surface area (Å²) in [5, 5.41) is 0. The fraction of sp³-hybridized carbons (Fsp3) is 0.200. The number of rotatable bonds is 2. The minimum Gasteiger partial charge on any atom is -0.489 e. The highest BCUT2D eigenvalue weighted by Gasteiger charge is 2.25. The molecule has 0 N–H and O–H groups in total. The van der Waals surface area contributed by atoms with Gasteiger partial charge in [-0.15, -0.1) is 0 Å². The quantitative estimate of drug-likeness (QED) is 0.808. The zero-order valence-electron chi connectivity index (χ0n) is 9.87. The third kappa shape index (κ3) is 2.12. The maximum atomic E-state index is 12.0. The van der Waals surface area contributed by atoms with E-state index in [9.17, 15) is 4.79 Å². The molecule has 0 aliphatic carbocycles. The van der Waals surface area contributed by atoms with Crippen LogP contribution in [0.2, 0.25) is 0 Å². The first-order valence-electron chi connectivity index (χ1n) is 6.01. The Kier molecular flexibility index (Phi) is 2.81. The van der Waals surface area contributed by atoms with Gasteiger partial charge in [0.1, 0.15) is 11.9 Å². The average Bonchev–Trinajstić information content (AvgIpc) is 2.40. The van der Waals surface area contributed by atoms with Crippen LogP contribution in [0.4, 0.5) is 0 Å². The first kappa shape index (κ1) is 11.0. The molecular weight excluding hydrogens is 226 g/mol. The van der Waals surface area contributed by atoms with Gasteiger partial charge in [-0.05, 0) is 29.8 Å². The highest BCUT2D eigenvalue weighted by atomic mass is 16.5.